The highest BCUT2D eigenvalue weighted by atomic mass is 16.2. The first kappa shape index (κ1) is 21.7. The van der Waals surface area contributed by atoms with Gasteiger partial charge in [-0.2, -0.15) is 5.10 Å². The Morgan fingerprint density at radius 1 is 0.875 bits per heavy atom. The number of piperazine rings is 1. The van der Waals surface area contributed by atoms with Crippen molar-refractivity contribution >= 4 is 22.6 Å². The minimum absolute atomic E-state index is 0.0545. The van der Waals surface area contributed by atoms with E-state index in [2.05, 4.69) is 5.10 Å². The van der Waals surface area contributed by atoms with Crippen LogP contribution in [0.1, 0.15) is 25.1 Å². The molecule has 1 saturated heterocycles. The molecule has 2 amide bonds. The molecule has 0 aliphatic carbocycles. The maximum absolute atomic E-state index is 13.2. The van der Waals surface area contributed by atoms with Crippen molar-refractivity contribution in [2.45, 2.75) is 32.7 Å². The Morgan fingerprint density at radius 3 is 2.09 bits per heavy atom. The summed E-state index contributed by atoms with van der Waals surface area (Å²) in [6.45, 7) is 7.42. The van der Waals surface area contributed by atoms with Crippen LogP contribution in [0.15, 0.2) is 59.4 Å². The number of benzene rings is 2. The molecule has 7 heteroatoms. The van der Waals surface area contributed by atoms with Crippen LogP contribution in [0, 0.1) is 6.92 Å². The predicted molar refractivity (Wildman–Crippen MR) is 123 cm³/mol. The molecule has 0 spiro atoms. The maximum atomic E-state index is 13.2. The lowest BCUT2D eigenvalue weighted by Gasteiger charge is -2.38. The van der Waals surface area contributed by atoms with Gasteiger partial charge in [0.2, 0.25) is 11.8 Å². The summed E-state index contributed by atoms with van der Waals surface area (Å²) < 4.78 is 1.25. The number of aryl methyl sites for hydroxylation is 1. The van der Waals surface area contributed by atoms with Crippen LogP contribution in [0.5, 0.6) is 0 Å². The number of hydrogen-bond acceptors (Lipinski definition) is 4. The number of carbonyl (C=O) groups excluding carboxylic acids is 2. The van der Waals surface area contributed by atoms with Crippen molar-refractivity contribution < 1.29 is 9.59 Å². The first-order chi connectivity index (χ1) is 15.3. The lowest BCUT2D eigenvalue weighted by atomic mass is 9.83. The average molecular weight is 433 g/mol. The van der Waals surface area contributed by atoms with Crippen molar-refractivity contribution in [2.75, 3.05) is 26.2 Å². The maximum Gasteiger partial charge on any atom is 0.275 e. The summed E-state index contributed by atoms with van der Waals surface area (Å²) in [5, 5.41) is 5.70. The number of hydrogen-bond donors (Lipinski definition) is 0. The number of carbonyl (C=O) groups is 2. The molecule has 2 aromatic carbocycles. The van der Waals surface area contributed by atoms with Gasteiger partial charge in [0, 0.05) is 31.6 Å². The standard InChI is InChI=1S/C25H28N4O3/c1-18-20-11-7-8-12-21(20)23(31)29(26-18)17-22(30)27-13-15-28(16-14-27)24(32)25(2,3)19-9-5-4-6-10-19/h4-12H,13-17H2,1-3H3. The number of amides is 2. The molecule has 0 radical (unpaired) electrons. The van der Waals surface area contributed by atoms with Crippen LogP contribution in [0.4, 0.5) is 0 Å². The zero-order chi connectivity index (χ0) is 22.9. The van der Waals surface area contributed by atoms with Gasteiger partial charge in [0.1, 0.15) is 6.54 Å². The summed E-state index contributed by atoms with van der Waals surface area (Å²) in [5.41, 5.74) is 0.790. The van der Waals surface area contributed by atoms with E-state index >= 15 is 0 Å². The molecule has 1 aliphatic rings. The minimum atomic E-state index is -0.632. The molecule has 4 rings (SSSR count). The Morgan fingerprint density at radius 2 is 1.44 bits per heavy atom. The molecule has 3 aromatic rings. The largest absolute Gasteiger partial charge is 0.338 e. The van der Waals surface area contributed by atoms with Gasteiger partial charge < -0.3 is 9.80 Å². The smallest absolute Gasteiger partial charge is 0.275 e. The fraction of sp³-hybridized carbons (Fsp3) is 0.360. The lowest BCUT2D eigenvalue weighted by Crippen LogP contribution is -2.55. The Kier molecular flexibility index (Phi) is 5.82. The average Bonchev–Trinajstić information content (AvgIpc) is 2.82. The number of rotatable bonds is 4. The van der Waals surface area contributed by atoms with Crippen molar-refractivity contribution in [1.82, 2.24) is 19.6 Å². The van der Waals surface area contributed by atoms with Gasteiger partial charge in [0.15, 0.2) is 0 Å². The van der Waals surface area contributed by atoms with E-state index < -0.39 is 5.41 Å². The van der Waals surface area contributed by atoms with Gasteiger partial charge >= 0.3 is 0 Å². The molecule has 2 heterocycles. The predicted octanol–water partition coefficient (Wildman–Crippen LogP) is 2.35. The third-order valence-corrected chi connectivity index (χ3v) is 6.29. The zero-order valence-corrected chi connectivity index (χ0v) is 18.7. The monoisotopic (exact) mass is 432 g/mol. The van der Waals surface area contributed by atoms with Gasteiger partial charge in [-0.1, -0.05) is 48.5 Å². The van der Waals surface area contributed by atoms with Crippen LogP contribution in [-0.4, -0.2) is 57.6 Å². The third kappa shape index (κ3) is 4.02. The van der Waals surface area contributed by atoms with Gasteiger partial charge in [0.25, 0.3) is 5.56 Å². The zero-order valence-electron chi connectivity index (χ0n) is 18.7. The van der Waals surface area contributed by atoms with Crippen LogP contribution >= 0.6 is 0 Å². The number of nitrogens with zero attached hydrogens (tertiary/aromatic N) is 4. The van der Waals surface area contributed by atoms with Gasteiger partial charge in [-0.25, -0.2) is 4.68 Å². The second-order valence-electron chi connectivity index (χ2n) is 8.76. The molecule has 1 aliphatic heterocycles. The normalized spacial score (nSPS) is 14.6. The second-order valence-corrected chi connectivity index (χ2v) is 8.76. The molecule has 0 bridgehead atoms. The molecule has 1 aromatic heterocycles. The van der Waals surface area contributed by atoms with Crippen molar-refractivity contribution in [3.8, 4) is 0 Å². The van der Waals surface area contributed by atoms with Crippen molar-refractivity contribution in [3.63, 3.8) is 0 Å². The second kappa shape index (κ2) is 8.57. The van der Waals surface area contributed by atoms with Crippen molar-refractivity contribution in [1.29, 1.82) is 0 Å². The first-order valence-corrected chi connectivity index (χ1v) is 10.9. The Bertz CT molecular complexity index is 1210. The fourth-order valence-corrected chi connectivity index (χ4v) is 4.27. The summed E-state index contributed by atoms with van der Waals surface area (Å²) in [6, 6.07) is 17.0. The van der Waals surface area contributed by atoms with Crippen LogP contribution in [0.2, 0.25) is 0 Å². The van der Waals surface area contributed by atoms with Crippen molar-refractivity contribution in [3.05, 3.63) is 76.2 Å². The summed E-state index contributed by atoms with van der Waals surface area (Å²) in [6.07, 6.45) is 0. The van der Waals surface area contributed by atoms with E-state index in [1.54, 1.807) is 11.0 Å². The molecule has 1 fully saturated rings. The van der Waals surface area contributed by atoms with Crippen LogP contribution in [0.25, 0.3) is 10.8 Å². The van der Waals surface area contributed by atoms with Crippen molar-refractivity contribution in [2.24, 2.45) is 0 Å². The Labute approximate surface area is 187 Å². The summed E-state index contributed by atoms with van der Waals surface area (Å²) in [7, 11) is 0. The number of fused-ring (bicyclic) bond motifs is 1. The van der Waals surface area contributed by atoms with Crippen LogP contribution in [0.3, 0.4) is 0 Å². The van der Waals surface area contributed by atoms with Crippen LogP contribution < -0.4 is 5.56 Å². The van der Waals surface area contributed by atoms with Gasteiger partial charge in [-0.3, -0.25) is 14.4 Å². The molecular weight excluding hydrogens is 404 g/mol. The van der Waals surface area contributed by atoms with E-state index in [0.29, 0.717) is 37.3 Å². The van der Waals surface area contributed by atoms with E-state index in [9.17, 15) is 14.4 Å². The highest BCUT2D eigenvalue weighted by molar-refractivity contribution is 5.88. The quantitative estimate of drug-likeness (QED) is 0.634. The van der Waals surface area contributed by atoms with E-state index in [4.69, 9.17) is 0 Å². The SMILES string of the molecule is Cc1nn(CC(=O)N2CCN(C(=O)C(C)(C)c3ccccc3)CC2)c(=O)c2ccccc12. The highest BCUT2D eigenvalue weighted by Crippen LogP contribution is 2.26. The molecule has 0 atom stereocenters. The summed E-state index contributed by atoms with van der Waals surface area (Å²) >= 11 is 0. The molecule has 0 saturated carbocycles. The van der Waals surface area contributed by atoms with Crippen LogP contribution in [-0.2, 0) is 21.5 Å². The van der Waals surface area contributed by atoms with Gasteiger partial charge in [-0.05, 0) is 32.4 Å². The first-order valence-electron chi connectivity index (χ1n) is 10.9. The molecule has 7 nitrogen and oxygen atoms in total. The van der Waals surface area contributed by atoms with Gasteiger partial charge in [0.05, 0.1) is 16.5 Å². The van der Waals surface area contributed by atoms with E-state index in [-0.39, 0.29) is 23.9 Å². The lowest BCUT2D eigenvalue weighted by molar-refractivity contribution is -0.143. The Balaban J connectivity index is 1.42. The molecule has 0 unspecified atom stereocenters. The number of aromatic nitrogens is 2. The summed E-state index contributed by atoms with van der Waals surface area (Å²) in [5.74, 6) is -0.109. The highest BCUT2D eigenvalue weighted by Gasteiger charge is 2.35. The molecule has 32 heavy (non-hydrogen) atoms. The molecular formula is C25H28N4O3. The third-order valence-electron chi connectivity index (χ3n) is 6.29. The van der Waals surface area contributed by atoms with Gasteiger partial charge in [-0.15, -0.1) is 0 Å². The topological polar surface area (TPSA) is 75.5 Å². The summed E-state index contributed by atoms with van der Waals surface area (Å²) in [4.78, 5) is 42.3. The minimum Gasteiger partial charge on any atom is -0.338 e. The van der Waals surface area contributed by atoms with E-state index in [0.717, 1.165) is 10.9 Å². The fourth-order valence-electron chi connectivity index (χ4n) is 4.27. The Hall–Kier alpha value is -3.48. The molecule has 166 valence electrons. The van der Waals surface area contributed by atoms with E-state index in [1.165, 1.54) is 4.68 Å². The molecule has 0 N–H and O–H groups in total. The van der Waals surface area contributed by atoms with E-state index in [1.807, 2.05) is 74.2 Å².